The molecule has 29 heavy (non-hydrogen) atoms. The number of para-hydroxylation sites is 1. The van der Waals surface area contributed by atoms with E-state index < -0.39 is 0 Å². The lowest BCUT2D eigenvalue weighted by Crippen LogP contribution is -2.48. The number of hydrogen-bond donors (Lipinski definition) is 2. The molecule has 5 rings (SSSR count). The number of halogens is 1. The van der Waals surface area contributed by atoms with Crippen molar-refractivity contribution in [2.45, 2.75) is 34.7 Å². The van der Waals surface area contributed by atoms with Crippen LogP contribution in [0.15, 0.2) is 58.8 Å². The van der Waals surface area contributed by atoms with Crippen LogP contribution < -0.4 is 16.0 Å². The Morgan fingerprint density at radius 3 is 2.66 bits per heavy atom. The number of pyridine rings is 1. The quantitative estimate of drug-likeness (QED) is 0.649. The molecule has 0 amide bonds. The van der Waals surface area contributed by atoms with Gasteiger partial charge in [0.2, 0.25) is 0 Å². The number of nitrogen functional groups attached to an aromatic ring is 1. The maximum Gasteiger partial charge on any atom is 0.147 e. The van der Waals surface area contributed by atoms with Crippen LogP contribution in [0, 0.1) is 0 Å². The van der Waals surface area contributed by atoms with Crippen LogP contribution in [0.4, 0.5) is 17.3 Å². The fraction of sp³-hybridized carbons (Fsp3) is 0.286. The zero-order valence-electron chi connectivity index (χ0n) is 15.8. The largest absolute Gasteiger partial charge is 0.382 e. The molecule has 0 radical (unpaired) electrons. The van der Waals surface area contributed by atoms with E-state index in [4.69, 9.17) is 17.3 Å². The summed E-state index contributed by atoms with van der Waals surface area (Å²) in [5, 5.41) is 5.01. The highest BCUT2D eigenvalue weighted by Gasteiger charge is 2.39. The van der Waals surface area contributed by atoms with E-state index in [-0.39, 0.29) is 5.54 Å². The van der Waals surface area contributed by atoms with Crippen LogP contribution in [0.1, 0.15) is 18.4 Å². The maximum absolute atomic E-state index is 6.22. The fourth-order valence-electron chi connectivity index (χ4n) is 4.11. The van der Waals surface area contributed by atoms with Gasteiger partial charge in [-0.25, -0.2) is 15.0 Å². The van der Waals surface area contributed by atoms with Gasteiger partial charge in [0.25, 0.3) is 0 Å². The first kappa shape index (κ1) is 18.5. The van der Waals surface area contributed by atoms with Gasteiger partial charge in [0.1, 0.15) is 16.7 Å². The van der Waals surface area contributed by atoms with Crippen LogP contribution in [0.2, 0.25) is 5.02 Å². The van der Waals surface area contributed by atoms with Crippen molar-refractivity contribution in [3.05, 3.63) is 59.5 Å². The minimum absolute atomic E-state index is 0.182. The molecule has 3 aromatic rings. The Bertz CT molecular complexity index is 1010. The molecule has 3 N–H and O–H groups in total. The second kappa shape index (κ2) is 7.39. The van der Waals surface area contributed by atoms with Crippen molar-refractivity contribution in [3.8, 4) is 0 Å². The number of piperidine rings is 1. The zero-order chi connectivity index (χ0) is 19.8. The van der Waals surface area contributed by atoms with E-state index in [9.17, 15) is 0 Å². The van der Waals surface area contributed by atoms with Gasteiger partial charge in [0.15, 0.2) is 0 Å². The normalized spacial score (nSPS) is 17.2. The van der Waals surface area contributed by atoms with Gasteiger partial charge in [-0.15, -0.1) is 0 Å². The SMILES string of the molecule is Nc1nccc(Sc2cnc(N3CCC4(CC3)Cc3ccccc3N4)cn2)c1Cl. The van der Waals surface area contributed by atoms with Crippen molar-refractivity contribution in [1.82, 2.24) is 15.0 Å². The molecule has 1 fully saturated rings. The number of aromatic nitrogens is 3. The molecule has 1 spiro atoms. The molecule has 2 aromatic heterocycles. The molecule has 0 bridgehead atoms. The summed E-state index contributed by atoms with van der Waals surface area (Å²) in [6.45, 7) is 1.93. The standard InChI is InChI=1S/C21H21ClN6S/c22-19-16(5-8-24-20(19)23)29-18-13-25-17(12-26-18)28-9-6-21(7-10-28)11-14-3-1-2-4-15(14)27-21/h1-5,8,12-13,27H,6-7,9-11H2,(H2,23,24). The minimum Gasteiger partial charge on any atom is -0.382 e. The molecule has 8 heteroatoms. The topological polar surface area (TPSA) is 80.0 Å². The van der Waals surface area contributed by atoms with E-state index in [0.717, 1.165) is 48.1 Å². The molecule has 0 saturated carbocycles. The summed E-state index contributed by atoms with van der Waals surface area (Å²) in [5.41, 5.74) is 8.67. The predicted molar refractivity (Wildman–Crippen MR) is 118 cm³/mol. The molecule has 148 valence electrons. The Morgan fingerprint density at radius 2 is 1.90 bits per heavy atom. The van der Waals surface area contributed by atoms with Crippen molar-refractivity contribution in [2.75, 3.05) is 29.0 Å². The molecule has 0 atom stereocenters. The van der Waals surface area contributed by atoms with Crippen molar-refractivity contribution in [2.24, 2.45) is 0 Å². The monoisotopic (exact) mass is 424 g/mol. The maximum atomic E-state index is 6.22. The third-order valence-corrected chi connectivity index (χ3v) is 7.19. The van der Waals surface area contributed by atoms with Crippen LogP contribution in [-0.4, -0.2) is 33.6 Å². The van der Waals surface area contributed by atoms with E-state index >= 15 is 0 Å². The van der Waals surface area contributed by atoms with Gasteiger partial charge in [0, 0.05) is 35.4 Å². The third kappa shape index (κ3) is 3.60. The first-order chi connectivity index (χ1) is 14.1. The Labute approximate surface area is 178 Å². The Morgan fingerprint density at radius 1 is 1.07 bits per heavy atom. The van der Waals surface area contributed by atoms with E-state index in [1.54, 1.807) is 12.4 Å². The first-order valence-corrected chi connectivity index (χ1v) is 10.8. The number of nitrogens with one attached hydrogen (secondary N) is 1. The summed E-state index contributed by atoms with van der Waals surface area (Å²) in [6, 6.07) is 10.5. The second-order valence-electron chi connectivity index (χ2n) is 7.55. The molecule has 0 unspecified atom stereocenters. The highest BCUT2D eigenvalue weighted by atomic mass is 35.5. The summed E-state index contributed by atoms with van der Waals surface area (Å²) < 4.78 is 0. The molecule has 4 heterocycles. The molecular formula is C21H21ClN6S. The number of anilines is 3. The molecule has 1 aromatic carbocycles. The highest BCUT2D eigenvalue weighted by Crippen LogP contribution is 2.39. The lowest BCUT2D eigenvalue weighted by Gasteiger charge is -2.40. The Hall–Kier alpha value is -2.51. The average Bonchev–Trinajstić information content (AvgIpc) is 3.10. The smallest absolute Gasteiger partial charge is 0.147 e. The van der Waals surface area contributed by atoms with Crippen molar-refractivity contribution >= 4 is 40.7 Å². The lowest BCUT2D eigenvalue weighted by atomic mass is 9.85. The highest BCUT2D eigenvalue weighted by molar-refractivity contribution is 7.99. The van der Waals surface area contributed by atoms with Crippen LogP contribution >= 0.6 is 23.4 Å². The number of benzene rings is 1. The summed E-state index contributed by atoms with van der Waals surface area (Å²) in [6.07, 6.45) is 8.56. The van der Waals surface area contributed by atoms with Crippen LogP contribution in [0.3, 0.4) is 0 Å². The van der Waals surface area contributed by atoms with Gasteiger partial charge >= 0.3 is 0 Å². The fourth-order valence-corrected chi connectivity index (χ4v) is 5.10. The first-order valence-electron chi connectivity index (χ1n) is 9.63. The van der Waals surface area contributed by atoms with E-state index in [1.165, 1.54) is 23.0 Å². The molecule has 0 aliphatic carbocycles. The predicted octanol–water partition coefficient (Wildman–Crippen LogP) is 4.27. The van der Waals surface area contributed by atoms with Crippen LogP contribution in [0.25, 0.3) is 0 Å². The van der Waals surface area contributed by atoms with E-state index in [1.807, 2.05) is 12.3 Å². The molecule has 1 saturated heterocycles. The lowest BCUT2D eigenvalue weighted by molar-refractivity contribution is 0.374. The van der Waals surface area contributed by atoms with Crippen molar-refractivity contribution in [1.29, 1.82) is 0 Å². The minimum atomic E-state index is 0.182. The van der Waals surface area contributed by atoms with E-state index in [2.05, 4.69) is 49.4 Å². The summed E-state index contributed by atoms with van der Waals surface area (Å²) >= 11 is 7.66. The second-order valence-corrected chi connectivity index (χ2v) is 8.99. The van der Waals surface area contributed by atoms with E-state index in [0.29, 0.717) is 10.8 Å². The molecular weight excluding hydrogens is 404 g/mol. The zero-order valence-corrected chi connectivity index (χ0v) is 17.4. The molecule has 6 nitrogen and oxygen atoms in total. The number of nitrogens with two attached hydrogens (primary N) is 1. The third-order valence-electron chi connectivity index (χ3n) is 5.70. The Kier molecular flexibility index (Phi) is 4.72. The summed E-state index contributed by atoms with van der Waals surface area (Å²) in [5.74, 6) is 1.24. The van der Waals surface area contributed by atoms with Crippen molar-refractivity contribution < 1.29 is 0 Å². The molecule has 2 aliphatic heterocycles. The van der Waals surface area contributed by atoms with Gasteiger partial charge < -0.3 is 16.0 Å². The number of hydrogen-bond acceptors (Lipinski definition) is 7. The van der Waals surface area contributed by atoms with Crippen molar-refractivity contribution in [3.63, 3.8) is 0 Å². The van der Waals surface area contributed by atoms with Gasteiger partial charge in [-0.2, -0.15) is 0 Å². The van der Waals surface area contributed by atoms with Crippen LogP contribution in [0.5, 0.6) is 0 Å². The summed E-state index contributed by atoms with van der Waals surface area (Å²) in [4.78, 5) is 16.3. The van der Waals surface area contributed by atoms with Gasteiger partial charge in [-0.05, 0) is 37.0 Å². The number of nitrogens with zero attached hydrogens (tertiary/aromatic N) is 4. The summed E-state index contributed by atoms with van der Waals surface area (Å²) in [7, 11) is 0. The van der Waals surface area contributed by atoms with Gasteiger partial charge in [-0.3, -0.25) is 0 Å². The number of fused-ring (bicyclic) bond motifs is 1. The number of rotatable bonds is 3. The van der Waals surface area contributed by atoms with Gasteiger partial charge in [0.05, 0.1) is 17.4 Å². The van der Waals surface area contributed by atoms with Crippen LogP contribution in [-0.2, 0) is 6.42 Å². The van der Waals surface area contributed by atoms with Gasteiger partial charge in [-0.1, -0.05) is 41.6 Å². The Balaban J connectivity index is 1.24. The average molecular weight is 425 g/mol. The molecule has 2 aliphatic rings.